The van der Waals surface area contributed by atoms with Crippen molar-refractivity contribution in [3.8, 4) is 11.5 Å². The predicted molar refractivity (Wildman–Crippen MR) is 220 cm³/mol. The number of hydrogen-bond donors (Lipinski definition) is 0. The van der Waals surface area contributed by atoms with Gasteiger partial charge in [-0.3, -0.25) is 14.5 Å². The van der Waals surface area contributed by atoms with Gasteiger partial charge in [-0.2, -0.15) is 0 Å². The van der Waals surface area contributed by atoms with Crippen molar-refractivity contribution in [2.45, 2.75) is 77.1 Å². The molecule has 1 fully saturated rings. The normalized spacial score (nSPS) is 17.4. The summed E-state index contributed by atoms with van der Waals surface area (Å²) in [6.45, 7) is 7.82. The quantitative estimate of drug-likeness (QED) is 0.0878. The molecule has 8 nitrogen and oxygen atoms in total. The molecule has 2 aliphatic rings. The van der Waals surface area contributed by atoms with Crippen LogP contribution in [0.3, 0.4) is 0 Å². The van der Waals surface area contributed by atoms with Crippen LogP contribution in [-0.4, -0.2) is 58.9 Å². The molecule has 1 aliphatic carbocycles. The van der Waals surface area contributed by atoms with Crippen LogP contribution in [0.5, 0.6) is 11.5 Å². The van der Waals surface area contributed by atoms with Gasteiger partial charge in [-0.1, -0.05) is 104 Å². The monoisotopic (exact) mass is 767 g/mol. The first-order valence-corrected chi connectivity index (χ1v) is 19.9. The van der Waals surface area contributed by atoms with Crippen molar-refractivity contribution in [2.75, 3.05) is 24.5 Å². The summed E-state index contributed by atoms with van der Waals surface area (Å²) in [5.41, 5.74) is 2.77. The molecule has 1 saturated carbocycles. The number of carbonyl (C=O) groups excluding carboxylic acids is 3. The van der Waals surface area contributed by atoms with Gasteiger partial charge in [-0.15, -0.1) is 0 Å². The summed E-state index contributed by atoms with van der Waals surface area (Å²) in [6, 6.07) is 39.3. The van der Waals surface area contributed by atoms with E-state index in [1.54, 1.807) is 54.0 Å². The minimum Gasteiger partial charge on any atom is -0.476 e. The average molecular weight is 768 g/mol. The third-order valence-electron chi connectivity index (χ3n) is 11.1. The molecule has 5 aromatic carbocycles. The largest absolute Gasteiger partial charge is 0.476 e. The Morgan fingerprint density at radius 1 is 0.825 bits per heavy atom. The van der Waals surface area contributed by atoms with Crippen molar-refractivity contribution in [1.82, 2.24) is 9.80 Å². The molecular weight excluding hydrogens is 718 g/mol. The second kappa shape index (κ2) is 17.6. The molecule has 0 radical (unpaired) electrons. The highest BCUT2D eigenvalue weighted by molar-refractivity contribution is 6.04. The highest BCUT2D eigenvalue weighted by atomic mass is 19.1. The Morgan fingerprint density at radius 2 is 1.46 bits per heavy atom. The SMILES string of the molecule is CCN(C(=O)c1cc2c(cc1F)OC(C)(C)C(=O)N2CCN(Cc1ccccc1)Cc1ccccc1)C1CCCC[C@@H]1c1cccc(OC(=O)c2ccccc2)c1. The Morgan fingerprint density at radius 3 is 2.11 bits per heavy atom. The zero-order valence-corrected chi connectivity index (χ0v) is 32.9. The Balaban J connectivity index is 1.15. The smallest absolute Gasteiger partial charge is 0.343 e. The molecule has 2 atom stereocenters. The summed E-state index contributed by atoms with van der Waals surface area (Å²) in [6.07, 6.45) is 3.47. The number of likely N-dealkylation sites (N-methyl/N-ethyl adjacent to an activating group) is 1. The molecule has 9 heteroatoms. The fourth-order valence-electron chi connectivity index (χ4n) is 8.22. The lowest BCUT2D eigenvalue weighted by Gasteiger charge is -2.41. The van der Waals surface area contributed by atoms with Crippen LogP contribution in [0.2, 0.25) is 0 Å². The van der Waals surface area contributed by atoms with Gasteiger partial charge in [0.25, 0.3) is 11.8 Å². The lowest BCUT2D eigenvalue weighted by molar-refractivity contribution is -0.132. The van der Waals surface area contributed by atoms with E-state index in [9.17, 15) is 14.4 Å². The zero-order chi connectivity index (χ0) is 39.9. The van der Waals surface area contributed by atoms with Crippen LogP contribution in [0, 0.1) is 5.82 Å². The Hall–Kier alpha value is -5.80. The van der Waals surface area contributed by atoms with Gasteiger partial charge in [0.1, 0.15) is 17.3 Å². The van der Waals surface area contributed by atoms with Gasteiger partial charge >= 0.3 is 5.97 Å². The van der Waals surface area contributed by atoms with Gasteiger partial charge in [0.2, 0.25) is 0 Å². The third-order valence-corrected chi connectivity index (χ3v) is 11.1. The van der Waals surface area contributed by atoms with Gasteiger partial charge in [0, 0.05) is 50.7 Å². The molecule has 57 heavy (non-hydrogen) atoms. The Labute approximate surface area is 334 Å². The van der Waals surface area contributed by atoms with E-state index in [1.165, 1.54) is 12.1 Å². The van der Waals surface area contributed by atoms with Crippen molar-refractivity contribution in [1.29, 1.82) is 0 Å². The molecule has 0 spiro atoms. The summed E-state index contributed by atoms with van der Waals surface area (Å²) >= 11 is 0. The lowest BCUT2D eigenvalue weighted by atomic mass is 9.79. The number of fused-ring (bicyclic) bond motifs is 1. The van der Waals surface area contributed by atoms with Crippen molar-refractivity contribution < 1.29 is 28.2 Å². The third kappa shape index (κ3) is 9.10. The number of anilines is 1. The lowest BCUT2D eigenvalue weighted by Crippen LogP contribution is -2.54. The second-order valence-electron chi connectivity index (χ2n) is 15.4. The number of amides is 2. The molecule has 1 heterocycles. The molecule has 0 bridgehead atoms. The molecule has 294 valence electrons. The van der Waals surface area contributed by atoms with Crippen LogP contribution in [0.25, 0.3) is 0 Å². The van der Waals surface area contributed by atoms with Crippen molar-refractivity contribution in [3.63, 3.8) is 0 Å². The van der Waals surface area contributed by atoms with E-state index in [1.807, 2.05) is 67.6 Å². The number of benzene rings is 5. The van der Waals surface area contributed by atoms with Crippen LogP contribution < -0.4 is 14.4 Å². The minimum absolute atomic E-state index is 0.0545. The molecule has 1 unspecified atom stereocenters. The summed E-state index contributed by atoms with van der Waals surface area (Å²) in [7, 11) is 0. The van der Waals surface area contributed by atoms with Gasteiger partial charge in [-0.25, -0.2) is 9.18 Å². The first-order valence-electron chi connectivity index (χ1n) is 19.9. The second-order valence-corrected chi connectivity index (χ2v) is 15.4. The van der Waals surface area contributed by atoms with Gasteiger partial charge in [-0.05, 0) is 80.6 Å². The summed E-state index contributed by atoms with van der Waals surface area (Å²) in [5.74, 6) is -1.23. The van der Waals surface area contributed by atoms with E-state index in [-0.39, 0.29) is 29.2 Å². The number of hydrogen-bond acceptors (Lipinski definition) is 6. The zero-order valence-electron chi connectivity index (χ0n) is 32.9. The molecule has 1 aliphatic heterocycles. The molecule has 0 N–H and O–H groups in total. The maximum atomic E-state index is 16.2. The van der Waals surface area contributed by atoms with E-state index < -0.39 is 23.3 Å². The van der Waals surface area contributed by atoms with Crippen molar-refractivity contribution >= 4 is 23.5 Å². The number of ether oxygens (including phenoxy) is 2. The fraction of sp³-hybridized carbons (Fsp3) is 0.312. The number of rotatable bonds is 13. The first kappa shape index (κ1) is 39.4. The minimum atomic E-state index is -1.23. The van der Waals surface area contributed by atoms with Crippen LogP contribution in [-0.2, 0) is 17.9 Å². The van der Waals surface area contributed by atoms with E-state index >= 15 is 4.39 Å². The van der Waals surface area contributed by atoms with E-state index in [4.69, 9.17) is 9.47 Å². The highest BCUT2D eigenvalue weighted by Gasteiger charge is 2.42. The van der Waals surface area contributed by atoms with E-state index in [0.717, 1.165) is 42.4 Å². The molecule has 2 amide bonds. The van der Waals surface area contributed by atoms with Gasteiger partial charge < -0.3 is 19.3 Å². The molecule has 0 aromatic heterocycles. The maximum absolute atomic E-state index is 16.2. The van der Waals surface area contributed by atoms with E-state index in [0.29, 0.717) is 49.7 Å². The van der Waals surface area contributed by atoms with Crippen LogP contribution in [0.1, 0.15) is 89.8 Å². The number of halogens is 1. The highest BCUT2D eigenvalue weighted by Crippen LogP contribution is 2.42. The first-order chi connectivity index (χ1) is 27.6. The number of nitrogens with zero attached hydrogens (tertiary/aromatic N) is 3. The number of esters is 1. The molecular formula is C48H50FN3O5. The Kier molecular flexibility index (Phi) is 12.1. The number of carbonyl (C=O) groups is 3. The van der Waals surface area contributed by atoms with E-state index in [2.05, 4.69) is 29.2 Å². The van der Waals surface area contributed by atoms with Crippen LogP contribution >= 0.6 is 0 Å². The van der Waals surface area contributed by atoms with Crippen molar-refractivity contribution in [2.24, 2.45) is 0 Å². The molecule has 7 rings (SSSR count). The fourth-order valence-corrected chi connectivity index (χ4v) is 8.22. The predicted octanol–water partition coefficient (Wildman–Crippen LogP) is 9.44. The van der Waals surface area contributed by atoms with Crippen LogP contribution in [0.4, 0.5) is 10.1 Å². The van der Waals surface area contributed by atoms with Gasteiger partial charge in [0.05, 0.1) is 16.8 Å². The topological polar surface area (TPSA) is 79.4 Å². The average Bonchev–Trinajstić information content (AvgIpc) is 3.22. The summed E-state index contributed by atoms with van der Waals surface area (Å²) in [5, 5.41) is 0. The Bertz CT molecular complexity index is 2140. The standard InChI is InChI=1S/C48H50FN3O5/c1-4-51(42-26-15-14-25-39(42)37-23-16-24-38(29-37)56-46(54)36-21-12-7-13-22-36)45(53)40-30-43-44(31-41(40)49)57-48(2,3)47(55)52(43)28-27-50(32-34-17-8-5-9-18-34)33-35-19-10-6-11-20-35/h5-13,16-24,29-31,39,42H,4,14-15,25-28,32-33H2,1-3H3/t39-,42?/m1/s1. The summed E-state index contributed by atoms with van der Waals surface area (Å²) in [4.78, 5) is 47.2. The maximum Gasteiger partial charge on any atom is 0.343 e. The van der Waals surface area contributed by atoms with Crippen molar-refractivity contribution in [3.05, 3.63) is 161 Å². The molecule has 0 saturated heterocycles. The summed E-state index contributed by atoms with van der Waals surface area (Å²) < 4.78 is 28.1. The van der Waals surface area contributed by atoms with Crippen LogP contribution in [0.15, 0.2) is 127 Å². The molecule has 5 aromatic rings. The van der Waals surface area contributed by atoms with Gasteiger partial charge in [0.15, 0.2) is 5.60 Å².